The fourth-order valence-electron chi connectivity index (χ4n) is 3.64. The molecule has 0 bridgehead atoms. The zero-order valence-electron chi connectivity index (χ0n) is 16.4. The molecule has 0 aliphatic carbocycles. The van der Waals surface area contributed by atoms with E-state index in [9.17, 15) is 9.59 Å². The number of ether oxygens (including phenoxy) is 1. The van der Waals surface area contributed by atoms with Crippen molar-refractivity contribution in [3.05, 3.63) is 42.7 Å². The summed E-state index contributed by atoms with van der Waals surface area (Å²) in [6, 6.07) is 9.03. The van der Waals surface area contributed by atoms with E-state index in [-0.39, 0.29) is 18.4 Å². The Balaban J connectivity index is 1.76. The molecule has 0 atom stereocenters. The average Bonchev–Trinajstić information content (AvgIpc) is 3.28. The maximum atomic E-state index is 13.5. The summed E-state index contributed by atoms with van der Waals surface area (Å²) >= 11 is 0. The molecule has 8 nitrogen and oxygen atoms in total. The van der Waals surface area contributed by atoms with E-state index in [1.165, 1.54) is 0 Å². The second-order valence-electron chi connectivity index (χ2n) is 6.80. The Hall–Kier alpha value is -2.87. The van der Waals surface area contributed by atoms with Crippen molar-refractivity contribution in [2.75, 3.05) is 38.6 Å². The smallest absolute Gasteiger partial charge is 0.251 e. The van der Waals surface area contributed by atoms with Crippen molar-refractivity contribution in [3.8, 4) is 5.75 Å². The fourth-order valence-corrected chi connectivity index (χ4v) is 3.64. The first-order chi connectivity index (χ1) is 13.6. The minimum Gasteiger partial charge on any atom is -0.495 e. The molecule has 150 valence electrons. The average molecular weight is 385 g/mol. The van der Waals surface area contributed by atoms with Gasteiger partial charge in [-0.15, -0.1) is 0 Å². The van der Waals surface area contributed by atoms with Crippen LogP contribution in [0.15, 0.2) is 42.7 Å². The Morgan fingerprint density at radius 2 is 2.04 bits per heavy atom. The molecule has 0 unspecified atom stereocenters. The minimum atomic E-state index is -0.754. The van der Waals surface area contributed by atoms with Crippen molar-refractivity contribution in [1.82, 2.24) is 20.0 Å². The Morgan fingerprint density at radius 3 is 2.68 bits per heavy atom. The van der Waals surface area contributed by atoms with Crippen LogP contribution in [0, 0.1) is 0 Å². The number of anilines is 1. The summed E-state index contributed by atoms with van der Waals surface area (Å²) in [5, 5.41) is 10.5. The van der Waals surface area contributed by atoms with Crippen LogP contribution in [-0.4, -0.2) is 59.8 Å². The number of nitrogens with zero attached hydrogens (tertiary/aromatic N) is 3. The molecule has 1 saturated heterocycles. The van der Waals surface area contributed by atoms with Gasteiger partial charge in [-0.05, 0) is 51.1 Å². The maximum absolute atomic E-state index is 13.5. The van der Waals surface area contributed by atoms with Crippen molar-refractivity contribution in [2.24, 2.45) is 0 Å². The quantitative estimate of drug-likeness (QED) is 0.753. The van der Waals surface area contributed by atoms with Gasteiger partial charge in [-0.25, -0.2) is 0 Å². The third-order valence-corrected chi connectivity index (χ3v) is 5.16. The van der Waals surface area contributed by atoms with Gasteiger partial charge in [0.05, 0.1) is 19.3 Å². The molecule has 1 aliphatic rings. The normalized spacial score (nSPS) is 15.6. The number of nitrogens with one attached hydrogen (secondary N) is 2. The second-order valence-corrected chi connectivity index (χ2v) is 6.80. The molecule has 1 aromatic heterocycles. The van der Waals surface area contributed by atoms with E-state index in [1.54, 1.807) is 35.0 Å². The molecule has 2 N–H and O–H groups in total. The molecule has 1 fully saturated rings. The van der Waals surface area contributed by atoms with Gasteiger partial charge in [0.15, 0.2) is 0 Å². The Kier molecular flexibility index (Phi) is 6.30. The number of likely N-dealkylation sites (N-methyl/N-ethyl adjacent to an activating group) is 1. The van der Waals surface area contributed by atoms with Gasteiger partial charge in [-0.2, -0.15) is 5.10 Å². The van der Waals surface area contributed by atoms with Crippen LogP contribution in [0.25, 0.3) is 0 Å². The van der Waals surface area contributed by atoms with Crippen molar-refractivity contribution in [2.45, 2.75) is 25.3 Å². The van der Waals surface area contributed by atoms with Gasteiger partial charge in [0.2, 0.25) is 5.91 Å². The minimum absolute atomic E-state index is 0.0240. The van der Waals surface area contributed by atoms with E-state index in [0.717, 1.165) is 13.1 Å². The van der Waals surface area contributed by atoms with Crippen LogP contribution in [0.5, 0.6) is 5.75 Å². The van der Waals surface area contributed by atoms with Crippen LogP contribution in [0.4, 0.5) is 5.69 Å². The molecule has 0 spiro atoms. The van der Waals surface area contributed by atoms with E-state index in [2.05, 4.69) is 15.7 Å². The summed E-state index contributed by atoms with van der Waals surface area (Å²) in [7, 11) is 1.55. The highest BCUT2D eigenvalue weighted by Crippen LogP contribution is 2.29. The highest BCUT2D eigenvalue weighted by Gasteiger charge is 2.44. The number of benzene rings is 1. The molecular weight excluding hydrogens is 358 g/mol. The molecule has 0 saturated carbocycles. The van der Waals surface area contributed by atoms with Crippen molar-refractivity contribution < 1.29 is 14.3 Å². The predicted molar refractivity (Wildman–Crippen MR) is 106 cm³/mol. The lowest BCUT2D eigenvalue weighted by Gasteiger charge is -2.39. The zero-order valence-corrected chi connectivity index (χ0v) is 16.4. The van der Waals surface area contributed by atoms with Crippen molar-refractivity contribution >= 4 is 17.5 Å². The standard InChI is InChI=1S/C20H27N5O3/c1-3-24(15-18(26)23-16-7-4-5-8-17(16)28-2)19(27)20(9-12-21-13-10-20)25-14-6-11-22-25/h4-8,11,14,21H,3,9-10,12-13,15H2,1-2H3,(H,23,26). The number of aromatic nitrogens is 2. The van der Waals surface area contributed by atoms with Crippen LogP contribution < -0.4 is 15.4 Å². The first kappa shape index (κ1) is 19.9. The Bertz CT molecular complexity index is 800. The topological polar surface area (TPSA) is 88.5 Å². The third kappa shape index (κ3) is 4.01. The van der Waals surface area contributed by atoms with E-state index in [4.69, 9.17) is 4.74 Å². The summed E-state index contributed by atoms with van der Waals surface area (Å²) in [6.45, 7) is 3.76. The molecule has 8 heteroatoms. The monoisotopic (exact) mass is 385 g/mol. The number of methoxy groups -OCH3 is 1. The van der Waals surface area contributed by atoms with E-state index < -0.39 is 5.54 Å². The van der Waals surface area contributed by atoms with E-state index in [1.807, 2.05) is 31.3 Å². The van der Waals surface area contributed by atoms with Crippen LogP contribution in [0.1, 0.15) is 19.8 Å². The van der Waals surface area contributed by atoms with Crippen molar-refractivity contribution in [1.29, 1.82) is 0 Å². The summed E-state index contributed by atoms with van der Waals surface area (Å²) < 4.78 is 7.02. The van der Waals surface area contributed by atoms with Crippen molar-refractivity contribution in [3.63, 3.8) is 0 Å². The van der Waals surface area contributed by atoms with Gasteiger partial charge in [-0.1, -0.05) is 12.1 Å². The Morgan fingerprint density at radius 1 is 1.29 bits per heavy atom. The molecule has 2 aromatic rings. The lowest BCUT2D eigenvalue weighted by molar-refractivity contribution is -0.145. The fraction of sp³-hybridized carbons (Fsp3) is 0.450. The SMILES string of the molecule is CCN(CC(=O)Nc1ccccc1OC)C(=O)C1(n2cccn2)CCNCC1. The number of amides is 2. The largest absolute Gasteiger partial charge is 0.495 e. The lowest BCUT2D eigenvalue weighted by Crippen LogP contribution is -2.56. The summed E-state index contributed by atoms with van der Waals surface area (Å²) in [6.07, 6.45) is 4.78. The Labute approximate surface area is 164 Å². The molecule has 28 heavy (non-hydrogen) atoms. The molecular formula is C20H27N5O3. The first-order valence-electron chi connectivity index (χ1n) is 9.54. The molecule has 1 aromatic carbocycles. The van der Waals surface area contributed by atoms with Crippen LogP contribution in [0.3, 0.4) is 0 Å². The van der Waals surface area contributed by atoms with E-state index >= 15 is 0 Å². The van der Waals surface area contributed by atoms with Gasteiger partial charge in [0.1, 0.15) is 11.3 Å². The highest BCUT2D eigenvalue weighted by molar-refractivity contribution is 5.96. The number of carbonyl (C=O) groups is 2. The number of carbonyl (C=O) groups excluding carboxylic acids is 2. The summed E-state index contributed by atoms with van der Waals surface area (Å²) in [4.78, 5) is 27.7. The molecule has 0 radical (unpaired) electrons. The zero-order chi connectivity index (χ0) is 20.0. The second kappa shape index (κ2) is 8.88. The van der Waals surface area contributed by atoms with E-state index in [0.29, 0.717) is 30.8 Å². The number of piperidine rings is 1. The van der Waals surface area contributed by atoms with Gasteiger partial charge in [0, 0.05) is 18.9 Å². The van der Waals surface area contributed by atoms with Gasteiger partial charge >= 0.3 is 0 Å². The number of hydrogen-bond donors (Lipinski definition) is 2. The van der Waals surface area contributed by atoms with Crippen LogP contribution in [-0.2, 0) is 15.1 Å². The first-order valence-corrected chi connectivity index (χ1v) is 9.54. The molecule has 1 aliphatic heterocycles. The number of rotatable bonds is 7. The number of hydrogen-bond acceptors (Lipinski definition) is 5. The van der Waals surface area contributed by atoms with Gasteiger partial charge in [0.25, 0.3) is 5.91 Å². The summed E-state index contributed by atoms with van der Waals surface area (Å²) in [5.74, 6) is 0.246. The lowest BCUT2D eigenvalue weighted by atomic mass is 9.86. The van der Waals surface area contributed by atoms with Crippen LogP contribution >= 0.6 is 0 Å². The molecule has 2 heterocycles. The predicted octanol–water partition coefficient (Wildman–Crippen LogP) is 1.46. The van der Waals surface area contributed by atoms with Gasteiger partial charge in [-0.3, -0.25) is 14.3 Å². The molecule has 2 amide bonds. The van der Waals surface area contributed by atoms with Crippen LogP contribution in [0.2, 0.25) is 0 Å². The maximum Gasteiger partial charge on any atom is 0.251 e. The molecule has 3 rings (SSSR count). The third-order valence-electron chi connectivity index (χ3n) is 5.16. The highest BCUT2D eigenvalue weighted by atomic mass is 16.5. The van der Waals surface area contributed by atoms with Gasteiger partial charge < -0.3 is 20.3 Å². The number of para-hydroxylation sites is 2. The summed E-state index contributed by atoms with van der Waals surface area (Å²) in [5.41, 5.74) is -0.169.